The van der Waals surface area contributed by atoms with Crippen LogP contribution in [0, 0.1) is 17.8 Å². The van der Waals surface area contributed by atoms with Crippen molar-refractivity contribution in [1.29, 1.82) is 0 Å². The first-order valence-electron chi connectivity index (χ1n) is 7.70. The van der Waals surface area contributed by atoms with Crippen molar-refractivity contribution in [2.24, 2.45) is 17.8 Å². The summed E-state index contributed by atoms with van der Waals surface area (Å²) >= 11 is 0. The summed E-state index contributed by atoms with van der Waals surface area (Å²) in [5, 5.41) is 3.44. The third-order valence-corrected chi connectivity index (χ3v) is 5.46. The lowest BCUT2D eigenvalue weighted by atomic mass is 9.83. The lowest BCUT2D eigenvalue weighted by Crippen LogP contribution is -2.46. The molecule has 1 saturated heterocycles. The minimum absolute atomic E-state index is 0.0230. The molecule has 0 aromatic rings. The van der Waals surface area contributed by atoms with Crippen molar-refractivity contribution in [2.75, 3.05) is 6.54 Å². The summed E-state index contributed by atoms with van der Waals surface area (Å²) in [5.41, 5.74) is 0. The van der Waals surface area contributed by atoms with Crippen molar-refractivity contribution >= 4 is 11.8 Å². The van der Waals surface area contributed by atoms with E-state index < -0.39 is 0 Å². The van der Waals surface area contributed by atoms with E-state index in [2.05, 4.69) is 12.2 Å². The topological polar surface area (TPSA) is 49.4 Å². The van der Waals surface area contributed by atoms with Crippen molar-refractivity contribution in [3.05, 3.63) is 0 Å². The standard InChI is InChI=1S/C15H24N2O2/c1-3-17-14(18)8-13(15(17)19)16-9(2)12-7-10-4-5-11(12)6-10/h9-13,16H,3-8H2,1-2H3. The van der Waals surface area contributed by atoms with Crippen molar-refractivity contribution in [3.63, 3.8) is 0 Å². The maximum atomic E-state index is 12.1. The van der Waals surface area contributed by atoms with Crippen molar-refractivity contribution in [1.82, 2.24) is 10.2 Å². The van der Waals surface area contributed by atoms with Gasteiger partial charge in [0.25, 0.3) is 0 Å². The fourth-order valence-corrected chi connectivity index (χ4v) is 4.49. The molecule has 1 aliphatic heterocycles. The maximum Gasteiger partial charge on any atom is 0.246 e. The molecule has 0 aromatic heterocycles. The molecule has 0 radical (unpaired) electrons. The van der Waals surface area contributed by atoms with Crippen LogP contribution in [0.4, 0.5) is 0 Å². The number of likely N-dealkylation sites (N-methyl/N-ethyl adjacent to an activating group) is 1. The van der Waals surface area contributed by atoms with Gasteiger partial charge in [-0.2, -0.15) is 0 Å². The average molecular weight is 264 g/mol. The van der Waals surface area contributed by atoms with E-state index in [1.54, 1.807) is 0 Å². The van der Waals surface area contributed by atoms with Gasteiger partial charge in [0.15, 0.2) is 0 Å². The lowest BCUT2D eigenvalue weighted by molar-refractivity contribution is -0.138. The molecule has 106 valence electrons. The lowest BCUT2D eigenvalue weighted by Gasteiger charge is -2.30. The zero-order chi connectivity index (χ0) is 13.6. The van der Waals surface area contributed by atoms with Gasteiger partial charge < -0.3 is 5.32 Å². The number of nitrogens with zero attached hydrogens (tertiary/aromatic N) is 1. The molecule has 3 rings (SSSR count). The van der Waals surface area contributed by atoms with Gasteiger partial charge in [-0.15, -0.1) is 0 Å². The monoisotopic (exact) mass is 264 g/mol. The van der Waals surface area contributed by atoms with Gasteiger partial charge in [-0.05, 0) is 50.9 Å². The van der Waals surface area contributed by atoms with E-state index in [4.69, 9.17) is 0 Å². The number of nitrogens with one attached hydrogen (secondary N) is 1. The third-order valence-electron chi connectivity index (χ3n) is 5.46. The van der Waals surface area contributed by atoms with Crippen LogP contribution in [0.2, 0.25) is 0 Å². The van der Waals surface area contributed by atoms with Crippen molar-refractivity contribution in [2.45, 2.75) is 58.0 Å². The Hall–Kier alpha value is -0.900. The minimum Gasteiger partial charge on any atom is -0.303 e. The van der Waals surface area contributed by atoms with E-state index in [1.165, 1.54) is 30.6 Å². The quantitative estimate of drug-likeness (QED) is 0.784. The van der Waals surface area contributed by atoms with Crippen LogP contribution in [-0.2, 0) is 9.59 Å². The molecule has 3 aliphatic rings. The highest BCUT2D eigenvalue weighted by Crippen LogP contribution is 2.49. The summed E-state index contributed by atoms with van der Waals surface area (Å²) in [6.07, 6.45) is 5.80. The van der Waals surface area contributed by atoms with Gasteiger partial charge in [0.05, 0.1) is 12.5 Å². The molecule has 19 heavy (non-hydrogen) atoms. The smallest absolute Gasteiger partial charge is 0.246 e. The van der Waals surface area contributed by atoms with E-state index >= 15 is 0 Å². The van der Waals surface area contributed by atoms with Gasteiger partial charge >= 0.3 is 0 Å². The van der Waals surface area contributed by atoms with Crippen LogP contribution in [-0.4, -0.2) is 35.3 Å². The van der Waals surface area contributed by atoms with E-state index in [0.29, 0.717) is 24.9 Å². The van der Waals surface area contributed by atoms with Crippen LogP contribution in [0.5, 0.6) is 0 Å². The third kappa shape index (κ3) is 2.20. The summed E-state index contributed by atoms with van der Waals surface area (Å²) in [6.45, 7) is 4.55. The zero-order valence-corrected chi connectivity index (χ0v) is 11.9. The fraction of sp³-hybridized carbons (Fsp3) is 0.867. The van der Waals surface area contributed by atoms with Gasteiger partial charge in [-0.25, -0.2) is 0 Å². The van der Waals surface area contributed by atoms with Crippen LogP contribution >= 0.6 is 0 Å². The summed E-state index contributed by atoms with van der Waals surface area (Å²) in [5.74, 6) is 2.43. The van der Waals surface area contributed by atoms with Gasteiger partial charge in [0, 0.05) is 12.6 Å². The molecule has 4 nitrogen and oxygen atoms in total. The number of rotatable bonds is 4. The number of carbonyl (C=O) groups excluding carboxylic acids is 2. The molecule has 5 atom stereocenters. The van der Waals surface area contributed by atoms with Gasteiger partial charge in [-0.3, -0.25) is 14.5 Å². The molecule has 2 aliphatic carbocycles. The van der Waals surface area contributed by atoms with Crippen LogP contribution < -0.4 is 5.32 Å². The second-order valence-corrected chi connectivity index (χ2v) is 6.53. The Balaban J connectivity index is 1.60. The number of amides is 2. The number of fused-ring (bicyclic) bond motifs is 2. The molecule has 2 amide bonds. The highest BCUT2D eigenvalue weighted by molar-refractivity contribution is 6.05. The Kier molecular flexibility index (Phi) is 3.37. The second-order valence-electron chi connectivity index (χ2n) is 6.53. The zero-order valence-electron chi connectivity index (χ0n) is 11.9. The largest absolute Gasteiger partial charge is 0.303 e. The number of hydrogen-bond donors (Lipinski definition) is 1. The molecular weight excluding hydrogens is 240 g/mol. The molecule has 3 fully saturated rings. The molecule has 2 bridgehead atoms. The number of carbonyl (C=O) groups is 2. The highest BCUT2D eigenvalue weighted by Gasteiger charge is 2.44. The van der Waals surface area contributed by atoms with Gasteiger partial charge in [0.1, 0.15) is 0 Å². The second kappa shape index (κ2) is 4.89. The van der Waals surface area contributed by atoms with Crippen LogP contribution in [0.15, 0.2) is 0 Å². The molecule has 1 N–H and O–H groups in total. The van der Waals surface area contributed by atoms with E-state index in [0.717, 1.165) is 11.8 Å². The molecule has 1 heterocycles. The average Bonchev–Trinajstić information content (AvgIpc) is 3.05. The Morgan fingerprint density at radius 1 is 1.32 bits per heavy atom. The van der Waals surface area contributed by atoms with Crippen LogP contribution in [0.3, 0.4) is 0 Å². The maximum absolute atomic E-state index is 12.1. The summed E-state index contributed by atoms with van der Waals surface area (Å²) in [7, 11) is 0. The summed E-state index contributed by atoms with van der Waals surface area (Å²) in [6, 6.07) is 0.0791. The fourth-order valence-electron chi connectivity index (χ4n) is 4.49. The Morgan fingerprint density at radius 3 is 2.63 bits per heavy atom. The molecule has 0 aromatic carbocycles. The predicted molar refractivity (Wildman–Crippen MR) is 72.3 cm³/mol. The van der Waals surface area contributed by atoms with Crippen LogP contribution in [0.25, 0.3) is 0 Å². The molecule has 0 spiro atoms. The van der Waals surface area contributed by atoms with Crippen molar-refractivity contribution < 1.29 is 9.59 Å². The minimum atomic E-state index is -0.276. The normalized spacial score (nSPS) is 39.4. The number of hydrogen-bond acceptors (Lipinski definition) is 3. The van der Waals surface area contributed by atoms with Gasteiger partial charge in [-0.1, -0.05) is 6.42 Å². The summed E-state index contributed by atoms with van der Waals surface area (Å²) < 4.78 is 0. The van der Waals surface area contributed by atoms with E-state index in [-0.39, 0.29) is 17.9 Å². The Morgan fingerprint density at radius 2 is 2.11 bits per heavy atom. The van der Waals surface area contributed by atoms with E-state index in [9.17, 15) is 9.59 Å². The van der Waals surface area contributed by atoms with Crippen LogP contribution in [0.1, 0.15) is 46.0 Å². The predicted octanol–water partition coefficient (Wildman–Crippen LogP) is 1.55. The SMILES string of the molecule is CCN1C(=O)CC(NC(C)C2CC3CCC2C3)C1=O. The first-order chi connectivity index (χ1) is 9.10. The molecule has 2 saturated carbocycles. The Bertz CT molecular complexity index is 396. The molecular formula is C15H24N2O2. The number of likely N-dealkylation sites (tertiary alicyclic amines) is 1. The number of imide groups is 1. The van der Waals surface area contributed by atoms with E-state index in [1.807, 2.05) is 6.92 Å². The molecule has 5 unspecified atom stereocenters. The first-order valence-corrected chi connectivity index (χ1v) is 7.70. The summed E-state index contributed by atoms with van der Waals surface area (Å²) in [4.78, 5) is 25.2. The highest BCUT2D eigenvalue weighted by atomic mass is 16.2. The van der Waals surface area contributed by atoms with Crippen molar-refractivity contribution in [3.8, 4) is 0 Å². The Labute approximate surface area is 114 Å². The first kappa shape index (κ1) is 13.1. The van der Waals surface area contributed by atoms with Gasteiger partial charge in [0.2, 0.25) is 11.8 Å². The molecule has 4 heteroatoms.